The molecule has 0 aliphatic rings. The average Bonchev–Trinajstić information content (AvgIpc) is 2.49. The van der Waals surface area contributed by atoms with Crippen molar-refractivity contribution in [2.45, 2.75) is 31.7 Å². The van der Waals surface area contributed by atoms with Gasteiger partial charge in [0.25, 0.3) is 0 Å². The SMILES string of the molecule is CC(O)CO.C[N+](C)(C)CC(CC(=O)[O-])OC(CO)COC(=O)CN. The molecule has 3 atom stereocenters. The van der Waals surface area contributed by atoms with E-state index in [1.165, 1.54) is 6.92 Å². The number of rotatable bonds is 11. The van der Waals surface area contributed by atoms with Crippen LogP contribution in [-0.4, -0.2) is 104 Å². The van der Waals surface area contributed by atoms with Crippen LogP contribution in [0.3, 0.4) is 0 Å². The van der Waals surface area contributed by atoms with Gasteiger partial charge in [0.15, 0.2) is 0 Å². The lowest BCUT2D eigenvalue weighted by atomic mass is 10.2. The largest absolute Gasteiger partial charge is 0.550 e. The summed E-state index contributed by atoms with van der Waals surface area (Å²) in [5, 5.41) is 35.9. The van der Waals surface area contributed by atoms with Crippen LogP contribution in [0, 0.1) is 0 Å². The molecule has 3 unspecified atom stereocenters. The van der Waals surface area contributed by atoms with Crippen LogP contribution in [0.5, 0.6) is 0 Å². The molecule has 0 heterocycles. The molecular weight excluding hydrogens is 336 g/mol. The maximum absolute atomic E-state index is 10.9. The van der Waals surface area contributed by atoms with Crippen LogP contribution < -0.4 is 10.8 Å². The molecule has 0 fully saturated rings. The Balaban J connectivity index is 0. The molecule has 0 aliphatic carbocycles. The summed E-state index contributed by atoms with van der Waals surface area (Å²) in [5.41, 5.74) is 5.08. The number of aliphatic hydroxyl groups is 3. The van der Waals surface area contributed by atoms with Gasteiger partial charge < -0.3 is 44.9 Å². The zero-order valence-corrected chi connectivity index (χ0v) is 15.4. The summed E-state index contributed by atoms with van der Waals surface area (Å²) in [6.07, 6.45) is -2.29. The maximum Gasteiger partial charge on any atom is 0.319 e. The molecule has 150 valence electrons. The maximum atomic E-state index is 10.9. The highest BCUT2D eigenvalue weighted by atomic mass is 16.6. The fourth-order valence-corrected chi connectivity index (χ4v) is 1.60. The molecule has 0 aromatic carbocycles. The normalized spacial score (nSPS) is 14.7. The van der Waals surface area contributed by atoms with E-state index in [0.717, 1.165) is 0 Å². The lowest BCUT2D eigenvalue weighted by Crippen LogP contribution is -2.46. The van der Waals surface area contributed by atoms with Gasteiger partial charge in [0, 0.05) is 12.4 Å². The number of quaternary nitrogens is 1. The van der Waals surface area contributed by atoms with Gasteiger partial charge in [-0.2, -0.15) is 0 Å². The number of hydrogen-bond donors (Lipinski definition) is 4. The van der Waals surface area contributed by atoms with E-state index in [2.05, 4.69) is 0 Å². The first-order chi connectivity index (χ1) is 11.4. The molecule has 10 nitrogen and oxygen atoms in total. The number of hydrogen-bond acceptors (Lipinski definition) is 9. The van der Waals surface area contributed by atoms with E-state index in [4.69, 9.17) is 25.4 Å². The fraction of sp³-hybridized carbons (Fsp3) is 0.867. The van der Waals surface area contributed by atoms with Crippen molar-refractivity contribution in [3.05, 3.63) is 0 Å². The third-order valence-electron chi connectivity index (χ3n) is 2.60. The number of aliphatic carboxylic acids is 1. The van der Waals surface area contributed by atoms with Gasteiger partial charge in [-0.1, -0.05) is 0 Å². The monoisotopic (exact) mass is 368 g/mol. The standard InChI is InChI=1S/C12H24N2O6.C3H8O2/c1-14(2,3)6-9(4-11(16)17)20-10(7-15)8-19-12(18)5-13;1-3(5)2-4/h9-10,15H,4-8,13H2,1-3H3;3-5H,2H2,1H3. The Kier molecular flexibility index (Phi) is 14.5. The molecule has 0 aliphatic heterocycles. The lowest BCUT2D eigenvalue weighted by molar-refractivity contribution is -0.873. The molecule has 0 amide bonds. The number of carboxylic acid groups (broad SMARTS) is 1. The number of carbonyl (C=O) groups excluding carboxylic acids is 2. The molecule has 25 heavy (non-hydrogen) atoms. The second-order valence-corrected chi connectivity index (χ2v) is 6.53. The average molecular weight is 368 g/mol. The number of nitrogens with two attached hydrogens (primary N) is 1. The minimum Gasteiger partial charge on any atom is -0.550 e. The molecule has 0 aromatic rings. The summed E-state index contributed by atoms with van der Waals surface area (Å²) in [7, 11) is 5.65. The van der Waals surface area contributed by atoms with Crippen molar-refractivity contribution >= 4 is 11.9 Å². The van der Waals surface area contributed by atoms with E-state index >= 15 is 0 Å². The number of nitrogens with zero attached hydrogens (tertiary/aromatic N) is 1. The lowest BCUT2D eigenvalue weighted by Gasteiger charge is -2.31. The molecule has 5 N–H and O–H groups in total. The summed E-state index contributed by atoms with van der Waals surface area (Å²) < 4.78 is 10.7. The summed E-state index contributed by atoms with van der Waals surface area (Å²) in [6, 6.07) is 0. The molecule has 10 heteroatoms. The number of ether oxygens (including phenoxy) is 2. The van der Waals surface area contributed by atoms with Crippen LogP contribution in [0.2, 0.25) is 0 Å². The molecule has 0 rings (SSSR count). The quantitative estimate of drug-likeness (QED) is 0.213. The van der Waals surface area contributed by atoms with Gasteiger partial charge in [-0.05, 0) is 6.92 Å². The third-order valence-corrected chi connectivity index (χ3v) is 2.60. The highest BCUT2D eigenvalue weighted by molar-refractivity contribution is 5.71. The van der Waals surface area contributed by atoms with Crippen LogP contribution in [0.4, 0.5) is 0 Å². The van der Waals surface area contributed by atoms with Gasteiger partial charge in [-0.15, -0.1) is 0 Å². The van der Waals surface area contributed by atoms with Gasteiger partial charge in [0.05, 0.1) is 47.0 Å². The summed E-state index contributed by atoms with van der Waals surface area (Å²) >= 11 is 0. The Hall–Kier alpha value is -1.30. The summed E-state index contributed by atoms with van der Waals surface area (Å²) in [6.45, 7) is 0.973. The van der Waals surface area contributed by atoms with Crippen molar-refractivity contribution in [2.75, 3.05) is 54.1 Å². The third kappa shape index (κ3) is 18.9. The van der Waals surface area contributed by atoms with E-state index in [-0.39, 0.29) is 26.2 Å². The Morgan fingerprint density at radius 2 is 1.68 bits per heavy atom. The van der Waals surface area contributed by atoms with Crippen molar-refractivity contribution in [3.63, 3.8) is 0 Å². The van der Waals surface area contributed by atoms with E-state index < -0.39 is 36.9 Å². The number of aliphatic hydroxyl groups excluding tert-OH is 3. The molecule has 0 aromatic heterocycles. The van der Waals surface area contributed by atoms with Gasteiger partial charge >= 0.3 is 5.97 Å². The Morgan fingerprint density at radius 1 is 1.16 bits per heavy atom. The van der Waals surface area contributed by atoms with Crippen molar-refractivity contribution in [2.24, 2.45) is 5.73 Å². The zero-order chi connectivity index (χ0) is 20.0. The smallest absolute Gasteiger partial charge is 0.319 e. The van der Waals surface area contributed by atoms with E-state index in [0.29, 0.717) is 11.0 Å². The molecule has 0 saturated heterocycles. The topological polar surface area (TPSA) is 162 Å². The number of likely N-dealkylation sites (N-methyl/N-ethyl adjacent to an activating group) is 1. The molecular formula is C15H32N2O8. The fourth-order valence-electron chi connectivity index (χ4n) is 1.60. The first-order valence-electron chi connectivity index (χ1n) is 7.86. The van der Waals surface area contributed by atoms with E-state index in [1.54, 1.807) is 0 Å². The predicted octanol–water partition coefficient (Wildman–Crippen LogP) is -3.56. The van der Waals surface area contributed by atoms with Crippen molar-refractivity contribution in [3.8, 4) is 0 Å². The zero-order valence-electron chi connectivity index (χ0n) is 15.4. The van der Waals surface area contributed by atoms with Gasteiger partial charge in [0.1, 0.15) is 25.4 Å². The number of esters is 1. The molecule has 0 spiro atoms. The summed E-state index contributed by atoms with van der Waals surface area (Å²) in [5.74, 6) is -1.85. The highest BCUT2D eigenvalue weighted by Crippen LogP contribution is 2.08. The molecule has 0 saturated carbocycles. The first kappa shape index (κ1) is 25.9. The minimum atomic E-state index is -1.24. The van der Waals surface area contributed by atoms with Gasteiger partial charge in [-0.25, -0.2) is 0 Å². The highest BCUT2D eigenvalue weighted by Gasteiger charge is 2.23. The number of carbonyl (C=O) groups is 2. The van der Waals surface area contributed by atoms with Crippen LogP contribution in [0.15, 0.2) is 0 Å². The van der Waals surface area contributed by atoms with Crippen LogP contribution in [0.25, 0.3) is 0 Å². The minimum absolute atomic E-state index is 0.139. The Bertz CT molecular complexity index is 371. The Labute approximate surface area is 148 Å². The number of carboxylic acids is 1. The van der Waals surface area contributed by atoms with Gasteiger partial charge in [-0.3, -0.25) is 4.79 Å². The van der Waals surface area contributed by atoms with Gasteiger partial charge in [0.2, 0.25) is 0 Å². The van der Waals surface area contributed by atoms with Crippen LogP contribution in [-0.2, 0) is 19.1 Å². The second kappa shape index (κ2) is 13.9. The molecule has 0 bridgehead atoms. The summed E-state index contributed by atoms with van der Waals surface area (Å²) in [4.78, 5) is 21.6. The Morgan fingerprint density at radius 3 is 2.00 bits per heavy atom. The van der Waals surface area contributed by atoms with Crippen LogP contribution >= 0.6 is 0 Å². The second-order valence-electron chi connectivity index (χ2n) is 6.53. The van der Waals surface area contributed by atoms with Crippen LogP contribution in [0.1, 0.15) is 13.3 Å². The predicted molar refractivity (Wildman–Crippen MR) is 87.1 cm³/mol. The molecule has 0 radical (unpaired) electrons. The van der Waals surface area contributed by atoms with Crippen molar-refractivity contribution in [1.82, 2.24) is 0 Å². The van der Waals surface area contributed by atoms with Crippen molar-refractivity contribution in [1.29, 1.82) is 0 Å². The van der Waals surface area contributed by atoms with E-state index in [9.17, 15) is 19.8 Å². The van der Waals surface area contributed by atoms with E-state index in [1.807, 2.05) is 21.1 Å². The van der Waals surface area contributed by atoms with Crippen molar-refractivity contribution < 1.29 is 44.0 Å². The first-order valence-corrected chi connectivity index (χ1v) is 7.86.